The van der Waals surface area contributed by atoms with Crippen LogP contribution in [-0.4, -0.2) is 23.3 Å². The second kappa shape index (κ2) is 3.67. The van der Waals surface area contributed by atoms with Gasteiger partial charge in [-0.2, -0.15) is 5.26 Å². The zero-order valence-corrected chi connectivity index (χ0v) is 9.23. The van der Waals surface area contributed by atoms with Crippen molar-refractivity contribution in [2.45, 2.75) is 18.3 Å². The lowest BCUT2D eigenvalue weighted by molar-refractivity contribution is -0.140. The van der Waals surface area contributed by atoms with Crippen molar-refractivity contribution in [3.8, 4) is 17.6 Å². The summed E-state index contributed by atoms with van der Waals surface area (Å²) in [5.74, 6) is -0.863. The van der Waals surface area contributed by atoms with Gasteiger partial charge in [-0.25, -0.2) is 0 Å². The normalized spacial score (nSPS) is 16.0. The van der Waals surface area contributed by atoms with E-state index in [2.05, 4.69) is 0 Å². The highest BCUT2D eigenvalue weighted by Gasteiger charge is 2.53. The van der Waals surface area contributed by atoms with Gasteiger partial charge in [0.2, 0.25) is 0 Å². The number of aliphatic carboxylic acids is 1. The molecular formula is C12H11NO4. The van der Waals surface area contributed by atoms with Crippen molar-refractivity contribution in [2.75, 3.05) is 7.11 Å². The molecule has 0 radical (unpaired) electrons. The molecule has 0 saturated heterocycles. The number of phenols is 1. The minimum atomic E-state index is -1.03. The smallest absolute Gasteiger partial charge is 0.314 e. The van der Waals surface area contributed by atoms with Crippen LogP contribution in [0.25, 0.3) is 0 Å². The van der Waals surface area contributed by atoms with Crippen LogP contribution in [0, 0.1) is 11.3 Å². The number of benzene rings is 1. The van der Waals surface area contributed by atoms with Gasteiger partial charge in [0, 0.05) is 11.6 Å². The summed E-state index contributed by atoms with van der Waals surface area (Å²) in [5, 5.41) is 27.9. The molecule has 5 heteroatoms. The zero-order valence-electron chi connectivity index (χ0n) is 9.23. The Morgan fingerprint density at radius 3 is 2.59 bits per heavy atom. The first-order valence-electron chi connectivity index (χ1n) is 5.10. The molecule has 1 aliphatic rings. The molecule has 2 rings (SSSR count). The number of hydrogen-bond donors (Lipinski definition) is 2. The summed E-state index contributed by atoms with van der Waals surface area (Å²) in [6.07, 6.45) is 0.959. The summed E-state index contributed by atoms with van der Waals surface area (Å²) in [5.41, 5.74) is -0.503. The molecule has 1 aromatic carbocycles. The van der Waals surface area contributed by atoms with Crippen molar-refractivity contribution in [1.82, 2.24) is 0 Å². The van der Waals surface area contributed by atoms with Crippen LogP contribution in [0.5, 0.6) is 11.5 Å². The van der Waals surface area contributed by atoms with Crippen LogP contribution in [0.15, 0.2) is 12.1 Å². The third kappa shape index (κ3) is 1.58. The van der Waals surface area contributed by atoms with E-state index in [0.717, 1.165) is 0 Å². The average Bonchev–Trinajstić information content (AvgIpc) is 3.09. The van der Waals surface area contributed by atoms with Gasteiger partial charge < -0.3 is 14.9 Å². The van der Waals surface area contributed by atoms with Crippen LogP contribution in [-0.2, 0) is 10.2 Å². The highest BCUT2D eigenvalue weighted by atomic mass is 16.5. The van der Waals surface area contributed by atoms with E-state index in [0.29, 0.717) is 18.4 Å². The minimum absolute atomic E-state index is 0.138. The van der Waals surface area contributed by atoms with Gasteiger partial charge >= 0.3 is 5.97 Å². The summed E-state index contributed by atoms with van der Waals surface area (Å²) in [4.78, 5) is 11.2. The maximum absolute atomic E-state index is 11.2. The number of nitrogens with zero attached hydrogens (tertiary/aromatic N) is 1. The first-order valence-corrected chi connectivity index (χ1v) is 5.10. The number of rotatable bonds is 3. The Morgan fingerprint density at radius 2 is 2.18 bits per heavy atom. The molecule has 0 atom stereocenters. The molecular weight excluding hydrogens is 222 g/mol. The number of carboxylic acid groups (broad SMARTS) is 1. The second-order valence-electron chi connectivity index (χ2n) is 4.07. The summed E-state index contributed by atoms with van der Waals surface area (Å²) < 4.78 is 4.94. The Balaban J connectivity index is 2.57. The van der Waals surface area contributed by atoms with Gasteiger partial charge in [-0.05, 0) is 18.9 Å². The SMILES string of the molecule is COc1cc(O)c(C2(C(=O)O)CC2)cc1C#N. The van der Waals surface area contributed by atoms with Gasteiger partial charge in [0.15, 0.2) is 0 Å². The molecule has 0 aliphatic heterocycles. The Kier molecular flexibility index (Phi) is 2.43. The van der Waals surface area contributed by atoms with Crippen molar-refractivity contribution < 1.29 is 19.7 Å². The molecule has 1 saturated carbocycles. The fourth-order valence-electron chi connectivity index (χ4n) is 1.93. The summed E-state index contributed by atoms with van der Waals surface area (Å²) in [7, 11) is 1.39. The predicted octanol–water partition coefficient (Wildman–Crippen LogP) is 1.39. The molecule has 0 heterocycles. The molecule has 0 unspecified atom stereocenters. The van der Waals surface area contributed by atoms with E-state index in [1.165, 1.54) is 19.2 Å². The highest BCUT2D eigenvalue weighted by molar-refractivity contribution is 5.86. The number of nitriles is 1. The van der Waals surface area contributed by atoms with Crippen molar-refractivity contribution in [3.63, 3.8) is 0 Å². The van der Waals surface area contributed by atoms with Gasteiger partial charge in [0.25, 0.3) is 0 Å². The molecule has 0 bridgehead atoms. The molecule has 1 fully saturated rings. The van der Waals surface area contributed by atoms with Crippen LogP contribution in [0.1, 0.15) is 24.0 Å². The molecule has 0 spiro atoms. The summed E-state index contributed by atoms with van der Waals surface area (Å²) in [6.45, 7) is 0. The largest absolute Gasteiger partial charge is 0.507 e. The van der Waals surface area contributed by atoms with E-state index in [4.69, 9.17) is 15.1 Å². The number of hydrogen-bond acceptors (Lipinski definition) is 4. The van der Waals surface area contributed by atoms with Crippen molar-refractivity contribution in [3.05, 3.63) is 23.3 Å². The molecule has 2 N–H and O–H groups in total. The maximum Gasteiger partial charge on any atom is 0.314 e. The standard InChI is InChI=1S/C12H11NO4/c1-17-10-5-9(14)8(4-7(10)6-13)12(2-3-12)11(15)16/h4-5,14H,2-3H2,1H3,(H,15,16). The van der Waals surface area contributed by atoms with Gasteiger partial charge in [0.1, 0.15) is 17.6 Å². The quantitative estimate of drug-likeness (QED) is 0.823. The van der Waals surface area contributed by atoms with E-state index in [9.17, 15) is 9.90 Å². The minimum Gasteiger partial charge on any atom is -0.507 e. The van der Waals surface area contributed by atoms with E-state index >= 15 is 0 Å². The molecule has 88 valence electrons. The maximum atomic E-state index is 11.2. The number of aromatic hydroxyl groups is 1. The Morgan fingerprint density at radius 1 is 1.53 bits per heavy atom. The van der Waals surface area contributed by atoms with Gasteiger partial charge in [-0.15, -0.1) is 0 Å². The van der Waals surface area contributed by atoms with E-state index in [1.807, 2.05) is 6.07 Å². The van der Waals surface area contributed by atoms with Crippen molar-refractivity contribution >= 4 is 5.97 Å². The Bertz CT molecular complexity index is 526. The average molecular weight is 233 g/mol. The van der Waals surface area contributed by atoms with Crippen molar-refractivity contribution in [1.29, 1.82) is 5.26 Å². The van der Waals surface area contributed by atoms with Gasteiger partial charge in [0.05, 0.1) is 18.1 Å². The van der Waals surface area contributed by atoms with E-state index in [1.54, 1.807) is 0 Å². The first kappa shape index (κ1) is 11.3. The molecule has 0 amide bonds. The Hall–Kier alpha value is -2.22. The first-order chi connectivity index (χ1) is 8.05. The lowest BCUT2D eigenvalue weighted by Gasteiger charge is -2.14. The lowest BCUT2D eigenvalue weighted by atomic mass is 9.93. The van der Waals surface area contributed by atoms with Gasteiger partial charge in [-0.1, -0.05) is 0 Å². The Labute approximate surface area is 97.9 Å². The highest BCUT2D eigenvalue weighted by Crippen LogP contribution is 2.52. The number of phenolic OH excluding ortho intramolecular Hbond substituents is 1. The summed E-state index contributed by atoms with van der Waals surface area (Å²) >= 11 is 0. The third-order valence-corrected chi connectivity index (χ3v) is 3.11. The topological polar surface area (TPSA) is 90.6 Å². The second-order valence-corrected chi connectivity index (χ2v) is 4.07. The number of carbonyl (C=O) groups is 1. The third-order valence-electron chi connectivity index (χ3n) is 3.11. The number of methoxy groups -OCH3 is 1. The molecule has 0 aromatic heterocycles. The number of ether oxygens (including phenoxy) is 1. The molecule has 1 aromatic rings. The van der Waals surface area contributed by atoms with Crippen LogP contribution >= 0.6 is 0 Å². The predicted molar refractivity (Wildman–Crippen MR) is 57.9 cm³/mol. The van der Waals surface area contributed by atoms with Crippen molar-refractivity contribution in [2.24, 2.45) is 0 Å². The molecule has 17 heavy (non-hydrogen) atoms. The van der Waals surface area contributed by atoms with E-state index < -0.39 is 11.4 Å². The zero-order chi connectivity index (χ0) is 12.6. The van der Waals surface area contributed by atoms with Crippen LogP contribution < -0.4 is 4.74 Å². The van der Waals surface area contributed by atoms with E-state index in [-0.39, 0.29) is 17.1 Å². The van der Waals surface area contributed by atoms with Crippen LogP contribution in [0.2, 0.25) is 0 Å². The monoisotopic (exact) mass is 233 g/mol. The van der Waals surface area contributed by atoms with Gasteiger partial charge in [-0.3, -0.25) is 4.79 Å². The lowest BCUT2D eigenvalue weighted by Crippen LogP contribution is -2.19. The summed E-state index contributed by atoms with van der Waals surface area (Å²) in [6, 6.07) is 4.61. The fraction of sp³-hybridized carbons (Fsp3) is 0.333. The molecule has 5 nitrogen and oxygen atoms in total. The number of carboxylic acids is 1. The molecule has 1 aliphatic carbocycles. The van der Waals surface area contributed by atoms with Crippen LogP contribution in [0.4, 0.5) is 0 Å². The fourth-order valence-corrected chi connectivity index (χ4v) is 1.93. The van der Waals surface area contributed by atoms with Crippen LogP contribution in [0.3, 0.4) is 0 Å².